The molecule has 1 rings (SSSR count). The minimum Gasteiger partial charge on any atom is -0.374 e. The van der Waals surface area contributed by atoms with Gasteiger partial charge in [-0.25, -0.2) is 0 Å². The van der Waals surface area contributed by atoms with Crippen molar-refractivity contribution in [2.24, 2.45) is 5.92 Å². The van der Waals surface area contributed by atoms with Gasteiger partial charge in [0.1, 0.15) is 0 Å². The predicted octanol–water partition coefficient (Wildman–Crippen LogP) is 3.20. The molecule has 1 aromatic rings. The first-order valence-corrected chi connectivity index (χ1v) is 6.56. The van der Waals surface area contributed by atoms with Gasteiger partial charge in [0.25, 0.3) is 0 Å². The molecule has 0 atom stereocenters. The molecule has 0 aliphatic heterocycles. The first kappa shape index (κ1) is 14.0. The molecule has 0 aromatic heterocycles. The Balaban J connectivity index is 2.88. The van der Waals surface area contributed by atoms with E-state index < -0.39 is 0 Å². The molecule has 1 aromatic carbocycles. The molecule has 0 amide bonds. The van der Waals surface area contributed by atoms with Crippen molar-refractivity contribution in [1.29, 1.82) is 0 Å². The highest BCUT2D eigenvalue weighted by molar-refractivity contribution is 5.54. The zero-order valence-corrected chi connectivity index (χ0v) is 11.9. The predicted molar refractivity (Wildman–Crippen MR) is 76.7 cm³/mol. The van der Waals surface area contributed by atoms with Crippen LogP contribution in [-0.4, -0.2) is 20.1 Å². The van der Waals surface area contributed by atoms with Gasteiger partial charge in [0.15, 0.2) is 0 Å². The van der Waals surface area contributed by atoms with Gasteiger partial charge in [-0.1, -0.05) is 38.5 Å². The Labute approximate surface area is 106 Å². The fourth-order valence-corrected chi connectivity index (χ4v) is 2.13. The van der Waals surface area contributed by atoms with Crippen molar-refractivity contribution in [3.05, 3.63) is 29.3 Å². The van der Waals surface area contributed by atoms with Crippen molar-refractivity contribution in [2.75, 3.05) is 25.0 Å². The molecule has 0 aliphatic carbocycles. The standard InChI is InChI=1S/C15H26N2/c1-6-16-10-14-9-13(4)7-8-15(14)17(5)11-12(2)3/h7-9,12,16H,6,10-11H2,1-5H3. The summed E-state index contributed by atoms with van der Waals surface area (Å²) in [5.41, 5.74) is 4.08. The van der Waals surface area contributed by atoms with Gasteiger partial charge in [0.05, 0.1) is 0 Å². The van der Waals surface area contributed by atoms with Crippen LogP contribution < -0.4 is 10.2 Å². The van der Waals surface area contributed by atoms with Crippen LogP contribution in [0.4, 0.5) is 5.69 Å². The quantitative estimate of drug-likeness (QED) is 0.813. The fraction of sp³-hybridized carbons (Fsp3) is 0.600. The van der Waals surface area contributed by atoms with Gasteiger partial charge in [-0.3, -0.25) is 0 Å². The Bertz CT molecular complexity index is 345. The molecule has 0 unspecified atom stereocenters. The number of rotatable bonds is 6. The monoisotopic (exact) mass is 234 g/mol. The van der Waals surface area contributed by atoms with Gasteiger partial charge < -0.3 is 10.2 Å². The van der Waals surface area contributed by atoms with Gasteiger partial charge >= 0.3 is 0 Å². The van der Waals surface area contributed by atoms with Crippen LogP contribution in [0, 0.1) is 12.8 Å². The second-order valence-electron chi connectivity index (χ2n) is 5.19. The van der Waals surface area contributed by atoms with E-state index in [2.05, 4.69) is 63.2 Å². The number of nitrogens with zero attached hydrogens (tertiary/aromatic N) is 1. The lowest BCUT2D eigenvalue weighted by atomic mass is 10.1. The van der Waals surface area contributed by atoms with E-state index >= 15 is 0 Å². The molecule has 0 bridgehead atoms. The third kappa shape index (κ3) is 4.39. The highest BCUT2D eigenvalue weighted by Gasteiger charge is 2.08. The summed E-state index contributed by atoms with van der Waals surface area (Å²) in [5.74, 6) is 0.688. The number of hydrogen-bond donors (Lipinski definition) is 1. The van der Waals surface area contributed by atoms with Gasteiger partial charge in [0.2, 0.25) is 0 Å². The molecule has 0 spiro atoms. The van der Waals surface area contributed by atoms with E-state index in [0.29, 0.717) is 5.92 Å². The maximum Gasteiger partial charge on any atom is 0.0409 e. The number of anilines is 1. The topological polar surface area (TPSA) is 15.3 Å². The molecule has 0 saturated heterocycles. The number of hydrogen-bond acceptors (Lipinski definition) is 2. The van der Waals surface area contributed by atoms with Crippen molar-refractivity contribution in [3.63, 3.8) is 0 Å². The van der Waals surface area contributed by atoms with Crippen LogP contribution in [0.25, 0.3) is 0 Å². The first-order valence-electron chi connectivity index (χ1n) is 6.56. The summed E-state index contributed by atoms with van der Waals surface area (Å²) in [5, 5.41) is 3.41. The molecular formula is C15H26N2. The maximum atomic E-state index is 3.41. The minimum atomic E-state index is 0.688. The minimum absolute atomic E-state index is 0.688. The van der Waals surface area contributed by atoms with Crippen LogP contribution in [0.1, 0.15) is 31.9 Å². The van der Waals surface area contributed by atoms with E-state index in [-0.39, 0.29) is 0 Å². The van der Waals surface area contributed by atoms with Crippen LogP contribution >= 0.6 is 0 Å². The van der Waals surface area contributed by atoms with E-state index in [1.54, 1.807) is 0 Å². The molecular weight excluding hydrogens is 208 g/mol. The summed E-state index contributed by atoms with van der Waals surface area (Å²) in [6.07, 6.45) is 0. The second kappa shape index (κ2) is 6.65. The lowest BCUT2D eigenvalue weighted by molar-refractivity contribution is 0.634. The summed E-state index contributed by atoms with van der Waals surface area (Å²) in [4.78, 5) is 2.36. The lowest BCUT2D eigenvalue weighted by Gasteiger charge is -2.25. The molecule has 0 radical (unpaired) electrons. The Kier molecular flexibility index (Phi) is 5.49. The molecule has 17 heavy (non-hydrogen) atoms. The number of aryl methyl sites for hydroxylation is 1. The molecule has 96 valence electrons. The maximum absolute atomic E-state index is 3.41. The van der Waals surface area contributed by atoms with Crippen LogP contribution in [-0.2, 0) is 6.54 Å². The van der Waals surface area contributed by atoms with Gasteiger partial charge in [-0.15, -0.1) is 0 Å². The Morgan fingerprint density at radius 1 is 1.29 bits per heavy atom. The molecule has 0 saturated carbocycles. The van der Waals surface area contributed by atoms with Gasteiger partial charge in [-0.05, 0) is 31.0 Å². The smallest absolute Gasteiger partial charge is 0.0409 e. The Morgan fingerprint density at radius 3 is 2.59 bits per heavy atom. The molecule has 2 nitrogen and oxygen atoms in total. The highest BCUT2D eigenvalue weighted by atomic mass is 15.1. The van der Waals surface area contributed by atoms with Crippen LogP contribution in [0.3, 0.4) is 0 Å². The SMILES string of the molecule is CCNCc1cc(C)ccc1N(C)CC(C)C. The zero-order valence-electron chi connectivity index (χ0n) is 11.9. The number of benzene rings is 1. The third-order valence-corrected chi connectivity index (χ3v) is 2.85. The summed E-state index contributed by atoms with van der Waals surface area (Å²) in [6, 6.07) is 6.72. The molecule has 0 heterocycles. The van der Waals surface area contributed by atoms with Crippen molar-refractivity contribution in [3.8, 4) is 0 Å². The summed E-state index contributed by atoms with van der Waals surface area (Å²) < 4.78 is 0. The largest absolute Gasteiger partial charge is 0.374 e. The zero-order chi connectivity index (χ0) is 12.8. The van der Waals surface area contributed by atoms with Crippen molar-refractivity contribution < 1.29 is 0 Å². The average molecular weight is 234 g/mol. The lowest BCUT2D eigenvalue weighted by Crippen LogP contribution is -2.25. The van der Waals surface area contributed by atoms with Crippen molar-refractivity contribution >= 4 is 5.69 Å². The fourth-order valence-electron chi connectivity index (χ4n) is 2.13. The molecule has 0 aliphatic rings. The molecule has 1 N–H and O–H groups in total. The summed E-state index contributed by atoms with van der Waals surface area (Å²) in [6.45, 7) is 11.9. The second-order valence-corrected chi connectivity index (χ2v) is 5.19. The van der Waals surface area contributed by atoms with Crippen LogP contribution in [0.5, 0.6) is 0 Å². The van der Waals surface area contributed by atoms with Crippen molar-refractivity contribution in [1.82, 2.24) is 5.32 Å². The summed E-state index contributed by atoms with van der Waals surface area (Å²) in [7, 11) is 2.18. The Hall–Kier alpha value is -1.02. The molecule has 2 heteroatoms. The molecule has 0 fully saturated rings. The van der Waals surface area contributed by atoms with Gasteiger partial charge in [-0.2, -0.15) is 0 Å². The normalized spacial score (nSPS) is 10.9. The highest BCUT2D eigenvalue weighted by Crippen LogP contribution is 2.21. The van der Waals surface area contributed by atoms with Gasteiger partial charge in [0, 0.05) is 25.8 Å². The van der Waals surface area contributed by atoms with Crippen LogP contribution in [0.2, 0.25) is 0 Å². The summed E-state index contributed by atoms with van der Waals surface area (Å²) >= 11 is 0. The average Bonchev–Trinajstić information content (AvgIpc) is 2.25. The van der Waals surface area contributed by atoms with E-state index in [1.807, 2.05) is 0 Å². The van der Waals surface area contributed by atoms with Crippen molar-refractivity contribution in [2.45, 2.75) is 34.2 Å². The van der Waals surface area contributed by atoms with E-state index in [1.165, 1.54) is 16.8 Å². The van der Waals surface area contributed by atoms with E-state index in [9.17, 15) is 0 Å². The third-order valence-electron chi connectivity index (χ3n) is 2.85. The van der Waals surface area contributed by atoms with E-state index in [4.69, 9.17) is 0 Å². The van der Waals surface area contributed by atoms with Crippen LogP contribution in [0.15, 0.2) is 18.2 Å². The van der Waals surface area contributed by atoms with E-state index in [0.717, 1.165) is 19.6 Å². The first-order chi connectivity index (χ1) is 8.04. The number of nitrogens with one attached hydrogen (secondary N) is 1. The Morgan fingerprint density at radius 2 is 2.00 bits per heavy atom.